The normalized spacial score (nSPS) is 11.9. The second-order valence-corrected chi connectivity index (χ2v) is 5.05. The minimum Gasteiger partial charge on any atom is -0.449 e. The number of hydrogen-bond donors (Lipinski definition) is 0. The van der Waals surface area contributed by atoms with Crippen LogP contribution in [0.15, 0.2) is 24.3 Å². The molecule has 0 amide bonds. The molecular formula is C13H4Cl3O3. The molecule has 0 N–H and O–H groups in total. The van der Waals surface area contributed by atoms with Crippen LogP contribution in [0.25, 0.3) is 0 Å². The van der Waals surface area contributed by atoms with Crippen LogP contribution in [0, 0.1) is 0 Å². The fourth-order valence-corrected chi connectivity index (χ4v) is 2.24. The van der Waals surface area contributed by atoms with Crippen LogP contribution in [-0.2, 0) is 4.79 Å². The molecule has 0 spiro atoms. The number of carbonyl (C=O) groups excluding carboxylic acids is 1. The second kappa shape index (κ2) is 4.60. The molecule has 3 rings (SSSR count). The number of rotatable bonds is 1. The molecule has 3 nitrogen and oxygen atoms in total. The third kappa shape index (κ3) is 2.14. The van der Waals surface area contributed by atoms with E-state index in [2.05, 4.69) is 0 Å². The van der Waals surface area contributed by atoms with E-state index in [0.29, 0.717) is 32.3 Å². The maximum Gasteiger partial charge on any atom is 0.237 e. The lowest BCUT2D eigenvalue weighted by molar-refractivity contribution is 0.358. The van der Waals surface area contributed by atoms with E-state index in [0.717, 1.165) is 0 Å². The van der Waals surface area contributed by atoms with Crippen LogP contribution >= 0.6 is 34.8 Å². The first-order chi connectivity index (χ1) is 9.08. The molecule has 0 fully saturated rings. The van der Waals surface area contributed by atoms with Crippen molar-refractivity contribution in [2.45, 2.75) is 0 Å². The van der Waals surface area contributed by atoms with Gasteiger partial charge >= 0.3 is 0 Å². The summed E-state index contributed by atoms with van der Waals surface area (Å²) in [7, 11) is 0. The van der Waals surface area contributed by atoms with Crippen LogP contribution in [0.1, 0.15) is 5.56 Å². The minimum absolute atomic E-state index is 0.180. The van der Waals surface area contributed by atoms with E-state index >= 15 is 0 Å². The van der Waals surface area contributed by atoms with Gasteiger partial charge < -0.3 is 9.47 Å². The molecule has 0 aromatic heterocycles. The number of halogens is 3. The van der Waals surface area contributed by atoms with Gasteiger partial charge in [0, 0.05) is 23.2 Å². The fraction of sp³-hybridized carbons (Fsp3) is 0. The van der Waals surface area contributed by atoms with E-state index in [1.807, 2.05) is 0 Å². The first-order valence-electron chi connectivity index (χ1n) is 5.15. The average molecular weight is 315 g/mol. The van der Waals surface area contributed by atoms with Crippen molar-refractivity contribution < 1.29 is 14.3 Å². The Labute approximate surface area is 123 Å². The summed E-state index contributed by atoms with van der Waals surface area (Å²) in [6.07, 6.45) is 1.75. The predicted octanol–water partition coefficient (Wildman–Crippen LogP) is 5.00. The van der Waals surface area contributed by atoms with Crippen LogP contribution in [0.4, 0.5) is 0 Å². The molecule has 0 saturated heterocycles. The standard InChI is InChI=1S/C13H4Cl3O3/c14-7-1-6(5-17)13-12(2-7)18-10-3-8(15)9(16)4-11(10)19-13/h1-4H. The zero-order valence-corrected chi connectivity index (χ0v) is 11.4. The Morgan fingerprint density at radius 2 is 1.47 bits per heavy atom. The number of ether oxygens (including phenoxy) is 2. The van der Waals surface area contributed by atoms with Crippen molar-refractivity contribution >= 4 is 41.1 Å². The Morgan fingerprint density at radius 1 is 0.842 bits per heavy atom. The molecule has 0 unspecified atom stereocenters. The largest absolute Gasteiger partial charge is 0.449 e. The highest BCUT2D eigenvalue weighted by Crippen LogP contribution is 2.49. The van der Waals surface area contributed by atoms with Crippen LogP contribution in [-0.4, -0.2) is 6.29 Å². The molecule has 1 aliphatic rings. The molecule has 0 saturated carbocycles. The predicted molar refractivity (Wildman–Crippen MR) is 72.9 cm³/mol. The van der Waals surface area contributed by atoms with E-state index in [4.69, 9.17) is 44.3 Å². The van der Waals surface area contributed by atoms with E-state index in [-0.39, 0.29) is 11.3 Å². The number of benzene rings is 2. The highest BCUT2D eigenvalue weighted by molar-refractivity contribution is 6.42. The molecular weight excluding hydrogens is 310 g/mol. The lowest BCUT2D eigenvalue weighted by Gasteiger charge is -2.22. The summed E-state index contributed by atoms with van der Waals surface area (Å²) >= 11 is 17.7. The zero-order valence-electron chi connectivity index (χ0n) is 9.17. The van der Waals surface area contributed by atoms with Crippen LogP contribution < -0.4 is 9.47 Å². The maximum absolute atomic E-state index is 10.9. The highest BCUT2D eigenvalue weighted by Gasteiger charge is 2.24. The molecule has 19 heavy (non-hydrogen) atoms. The highest BCUT2D eigenvalue weighted by atomic mass is 35.5. The van der Waals surface area contributed by atoms with Gasteiger partial charge in [0.05, 0.1) is 15.6 Å². The molecule has 0 atom stereocenters. The van der Waals surface area contributed by atoms with Gasteiger partial charge in [-0.2, -0.15) is 0 Å². The first-order valence-corrected chi connectivity index (χ1v) is 6.28. The van der Waals surface area contributed by atoms with E-state index < -0.39 is 0 Å². The molecule has 2 aromatic rings. The summed E-state index contributed by atoms with van der Waals surface area (Å²) in [5.41, 5.74) is 0.180. The van der Waals surface area contributed by atoms with E-state index in [9.17, 15) is 4.79 Å². The molecule has 0 bridgehead atoms. The third-order valence-corrected chi connectivity index (χ3v) is 3.49. The smallest absolute Gasteiger partial charge is 0.237 e. The van der Waals surface area contributed by atoms with E-state index in [1.54, 1.807) is 12.4 Å². The van der Waals surface area contributed by atoms with Gasteiger partial charge in [-0.1, -0.05) is 34.8 Å². The van der Waals surface area contributed by atoms with Gasteiger partial charge in [0.15, 0.2) is 23.0 Å². The summed E-state index contributed by atoms with van der Waals surface area (Å²) in [5, 5.41) is 1.03. The molecule has 1 aliphatic heterocycles. The van der Waals surface area contributed by atoms with Gasteiger partial charge in [-0.25, -0.2) is 0 Å². The lowest BCUT2D eigenvalue weighted by atomic mass is 10.2. The van der Waals surface area contributed by atoms with Gasteiger partial charge in [0.25, 0.3) is 0 Å². The average Bonchev–Trinajstić information content (AvgIpc) is 2.37. The van der Waals surface area contributed by atoms with Gasteiger partial charge in [-0.15, -0.1) is 0 Å². The maximum atomic E-state index is 10.9. The van der Waals surface area contributed by atoms with Crippen molar-refractivity contribution in [3.63, 3.8) is 0 Å². The van der Waals surface area contributed by atoms with Crippen molar-refractivity contribution in [1.29, 1.82) is 0 Å². The topological polar surface area (TPSA) is 35.5 Å². The molecule has 0 aliphatic carbocycles. The monoisotopic (exact) mass is 313 g/mol. The van der Waals surface area contributed by atoms with Crippen LogP contribution in [0.5, 0.6) is 23.0 Å². The summed E-state index contributed by atoms with van der Waals surface area (Å²) in [4.78, 5) is 10.9. The molecule has 1 heterocycles. The van der Waals surface area contributed by atoms with Crippen molar-refractivity contribution in [2.75, 3.05) is 0 Å². The molecule has 6 heteroatoms. The van der Waals surface area contributed by atoms with Gasteiger partial charge in [0.1, 0.15) is 0 Å². The Bertz CT molecular complexity index is 698. The Kier molecular flexibility index (Phi) is 3.05. The van der Waals surface area contributed by atoms with Crippen molar-refractivity contribution in [3.05, 3.63) is 44.9 Å². The summed E-state index contributed by atoms with van der Waals surface area (Å²) in [5.74, 6) is 1.36. The minimum atomic E-state index is 0.180. The first kappa shape index (κ1) is 12.6. The molecule has 1 radical (unpaired) electrons. The van der Waals surface area contributed by atoms with Gasteiger partial charge in [0.2, 0.25) is 6.29 Å². The van der Waals surface area contributed by atoms with Crippen molar-refractivity contribution in [3.8, 4) is 23.0 Å². The van der Waals surface area contributed by atoms with Gasteiger partial charge in [-0.3, -0.25) is 4.79 Å². The van der Waals surface area contributed by atoms with Crippen molar-refractivity contribution in [1.82, 2.24) is 0 Å². The third-order valence-electron chi connectivity index (χ3n) is 2.55. The Balaban J connectivity index is 2.16. The van der Waals surface area contributed by atoms with Crippen LogP contribution in [0.3, 0.4) is 0 Å². The van der Waals surface area contributed by atoms with Crippen molar-refractivity contribution in [2.24, 2.45) is 0 Å². The summed E-state index contributed by atoms with van der Waals surface area (Å²) in [6.45, 7) is 0. The number of fused-ring (bicyclic) bond motifs is 2. The SMILES string of the molecule is O=[C]c1cc(Cl)cc2c1Oc1cc(Cl)c(Cl)cc1O2. The fourth-order valence-electron chi connectivity index (χ4n) is 1.72. The quantitative estimate of drug-likeness (QED) is 0.634. The summed E-state index contributed by atoms with van der Waals surface area (Å²) < 4.78 is 11.2. The Hall–Kier alpha value is -1.42. The lowest BCUT2D eigenvalue weighted by Crippen LogP contribution is -2.02. The molecule has 2 aromatic carbocycles. The van der Waals surface area contributed by atoms with Crippen LogP contribution in [0.2, 0.25) is 15.1 Å². The second-order valence-electron chi connectivity index (χ2n) is 3.80. The van der Waals surface area contributed by atoms with E-state index in [1.165, 1.54) is 18.2 Å². The zero-order chi connectivity index (χ0) is 13.6. The number of hydrogen-bond acceptors (Lipinski definition) is 3. The Morgan fingerprint density at radius 3 is 2.11 bits per heavy atom. The summed E-state index contributed by atoms with van der Waals surface area (Å²) in [6, 6.07) is 6.04. The van der Waals surface area contributed by atoms with Gasteiger partial charge in [-0.05, 0) is 6.07 Å². The molecule has 95 valence electrons.